The predicted molar refractivity (Wildman–Crippen MR) is 92.8 cm³/mol. The van der Waals surface area contributed by atoms with E-state index in [-0.39, 0.29) is 5.60 Å². The summed E-state index contributed by atoms with van der Waals surface area (Å²) in [7, 11) is 0. The highest BCUT2D eigenvalue weighted by molar-refractivity contribution is 4.97. The number of hydrogen-bond donors (Lipinski definition) is 1. The van der Waals surface area contributed by atoms with Gasteiger partial charge in [0.05, 0.1) is 5.60 Å². The van der Waals surface area contributed by atoms with Crippen LogP contribution in [0.2, 0.25) is 0 Å². The van der Waals surface area contributed by atoms with Crippen molar-refractivity contribution in [2.45, 2.75) is 97.6 Å². The normalized spacial score (nSPS) is 28.0. The molecular weight excluding hydrogens is 258 g/mol. The van der Waals surface area contributed by atoms with Crippen LogP contribution in [0.15, 0.2) is 0 Å². The van der Waals surface area contributed by atoms with Gasteiger partial charge >= 0.3 is 0 Å². The summed E-state index contributed by atoms with van der Waals surface area (Å²) in [6, 6.07) is 0.541. The van der Waals surface area contributed by atoms with Crippen LogP contribution in [-0.4, -0.2) is 24.8 Å². The number of nitrogens with one attached hydrogen (secondary N) is 1. The van der Waals surface area contributed by atoms with Crippen LogP contribution < -0.4 is 5.32 Å². The van der Waals surface area contributed by atoms with Crippen LogP contribution in [0.1, 0.15) is 86.0 Å². The Morgan fingerprint density at radius 1 is 1.24 bits per heavy atom. The van der Waals surface area contributed by atoms with Crippen LogP contribution in [0.3, 0.4) is 0 Å². The number of rotatable bonds is 10. The maximum atomic E-state index is 6.40. The Labute approximate surface area is 133 Å². The summed E-state index contributed by atoms with van der Waals surface area (Å²) >= 11 is 0. The third kappa shape index (κ3) is 6.28. The summed E-state index contributed by atoms with van der Waals surface area (Å²) in [6.45, 7) is 13.4. The smallest absolute Gasteiger partial charge is 0.0837 e. The average Bonchev–Trinajstić information content (AvgIpc) is 2.42. The van der Waals surface area contributed by atoms with E-state index in [0.29, 0.717) is 6.04 Å². The van der Waals surface area contributed by atoms with Crippen molar-refractivity contribution in [1.29, 1.82) is 0 Å². The fourth-order valence-corrected chi connectivity index (χ4v) is 3.98. The van der Waals surface area contributed by atoms with Crippen molar-refractivity contribution < 1.29 is 4.74 Å². The molecule has 0 saturated heterocycles. The van der Waals surface area contributed by atoms with Gasteiger partial charge in [0.1, 0.15) is 0 Å². The molecule has 0 bridgehead atoms. The van der Waals surface area contributed by atoms with Crippen LogP contribution in [0.5, 0.6) is 0 Å². The fraction of sp³-hybridized carbons (Fsp3) is 1.00. The van der Waals surface area contributed by atoms with Gasteiger partial charge in [-0.3, -0.25) is 0 Å². The summed E-state index contributed by atoms with van der Waals surface area (Å²) in [5.41, 5.74) is 0.0958. The Morgan fingerprint density at radius 3 is 2.57 bits per heavy atom. The lowest BCUT2D eigenvalue weighted by Gasteiger charge is -2.46. The second-order valence-corrected chi connectivity index (χ2v) is 7.53. The molecule has 126 valence electrons. The van der Waals surface area contributed by atoms with Gasteiger partial charge in [-0.2, -0.15) is 0 Å². The fourth-order valence-electron chi connectivity index (χ4n) is 3.98. The number of ether oxygens (including phenoxy) is 1. The van der Waals surface area contributed by atoms with Crippen molar-refractivity contribution in [3.63, 3.8) is 0 Å². The zero-order valence-corrected chi connectivity index (χ0v) is 15.2. The zero-order valence-electron chi connectivity index (χ0n) is 15.2. The first-order chi connectivity index (χ1) is 10.0. The highest BCUT2D eigenvalue weighted by atomic mass is 16.5. The van der Waals surface area contributed by atoms with Gasteiger partial charge in [-0.05, 0) is 51.0 Å². The molecule has 1 saturated carbocycles. The molecule has 2 heteroatoms. The summed E-state index contributed by atoms with van der Waals surface area (Å²) in [5, 5.41) is 3.83. The lowest BCUT2D eigenvalue weighted by atomic mass is 9.73. The van der Waals surface area contributed by atoms with Gasteiger partial charge in [0, 0.05) is 12.6 Å². The van der Waals surface area contributed by atoms with Crippen molar-refractivity contribution in [1.82, 2.24) is 5.32 Å². The van der Waals surface area contributed by atoms with E-state index in [9.17, 15) is 0 Å². The van der Waals surface area contributed by atoms with Crippen LogP contribution in [-0.2, 0) is 4.74 Å². The number of hydrogen-bond acceptors (Lipinski definition) is 2. The van der Waals surface area contributed by atoms with E-state index in [1.165, 1.54) is 51.4 Å². The van der Waals surface area contributed by atoms with Gasteiger partial charge in [-0.25, -0.2) is 0 Å². The third-order valence-electron chi connectivity index (χ3n) is 4.97. The molecule has 0 spiro atoms. The first-order valence-corrected chi connectivity index (χ1v) is 9.41. The second-order valence-electron chi connectivity index (χ2n) is 7.53. The largest absolute Gasteiger partial charge is 0.374 e. The van der Waals surface area contributed by atoms with Gasteiger partial charge in [-0.1, -0.05) is 53.4 Å². The summed E-state index contributed by atoms with van der Waals surface area (Å²) in [6.07, 6.45) is 10.3. The van der Waals surface area contributed by atoms with Crippen LogP contribution in [0, 0.1) is 11.8 Å². The quantitative estimate of drug-likeness (QED) is 0.601. The minimum atomic E-state index is 0.0958. The van der Waals surface area contributed by atoms with E-state index in [2.05, 4.69) is 39.9 Å². The lowest BCUT2D eigenvalue weighted by Crippen LogP contribution is -2.55. The molecule has 3 unspecified atom stereocenters. The molecule has 1 N–H and O–H groups in total. The molecule has 0 aromatic heterocycles. The van der Waals surface area contributed by atoms with Gasteiger partial charge in [0.25, 0.3) is 0 Å². The summed E-state index contributed by atoms with van der Waals surface area (Å²) in [5.74, 6) is 1.62. The minimum absolute atomic E-state index is 0.0958. The van der Waals surface area contributed by atoms with Gasteiger partial charge in [0.15, 0.2) is 0 Å². The van der Waals surface area contributed by atoms with Gasteiger partial charge in [-0.15, -0.1) is 0 Å². The Balaban J connectivity index is 2.73. The van der Waals surface area contributed by atoms with Crippen LogP contribution in [0.25, 0.3) is 0 Å². The van der Waals surface area contributed by atoms with E-state index in [1.54, 1.807) is 0 Å². The molecule has 1 rings (SSSR count). The van der Waals surface area contributed by atoms with Crippen LogP contribution >= 0.6 is 0 Å². The van der Waals surface area contributed by atoms with Crippen molar-refractivity contribution >= 4 is 0 Å². The maximum Gasteiger partial charge on any atom is 0.0837 e. The van der Waals surface area contributed by atoms with Crippen molar-refractivity contribution in [3.05, 3.63) is 0 Å². The van der Waals surface area contributed by atoms with E-state index in [1.807, 2.05) is 0 Å². The van der Waals surface area contributed by atoms with Gasteiger partial charge in [0.2, 0.25) is 0 Å². The zero-order chi connectivity index (χ0) is 15.7. The predicted octanol–water partition coefficient (Wildman–Crippen LogP) is 5.17. The Hall–Kier alpha value is -0.0800. The molecule has 1 fully saturated rings. The molecule has 1 aliphatic rings. The first kappa shape index (κ1) is 19.0. The topological polar surface area (TPSA) is 21.3 Å². The van der Waals surface area contributed by atoms with Gasteiger partial charge < -0.3 is 10.1 Å². The Bertz CT molecular complexity index is 262. The maximum absolute atomic E-state index is 6.40. The van der Waals surface area contributed by atoms with Crippen molar-refractivity contribution in [2.75, 3.05) is 13.2 Å². The lowest BCUT2D eigenvalue weighted by molar-refractivity contribution is -0.102. The molecule has 0 radical (unpaired) electrons. The third-order valence-corrected chi connectivity index (χ3v) is 4.97. The van der Waals surface area contributed by atoms with Crippen molar-refractivity contribution in [2.24, 2.45) is 11.8 Å². The highest BCUT2D eigenvalue weighted by Crippen LogP contribution is 2.39. The second kappa shape index (κ2) is 9.84. The molecule has 2 nitrogen and oxygen atoms in total. The monoisotopic (exact) mass is 297 g/mol. The van der Waals surface area contributed by atoms with Crippen molar-refractivity contribution in [3.8, 4) is 0 Å². The van der Waals surface area contributed by atoms with E-state index < -0.39 is 0 Å². The molecule has 3 atom stereocenters. The van der Waals surface area contributed by atoms with E-state index >= 15 is 0 Å². The SMILES string of the molecule is CCCNC(CCCC(C)C)C1(OCC)CCCC(C)C1. The molecule has 0 aliphatic heterocycles. The van der Waals surface area contributed by atoms with E-state index in [4.69, 9.17) is 4.74 Å². The summed E-state index contributed by atoms with van der Waals surface area (Å²) in [4.78, 5) is 0. The molecule has 0 aromatic carbocycles. The molecular formula is C19H39NO. The Kier molecular flexibility index (Phi) is 8.89. The summed E-state index contributed by atoms with van der Waals surface area (Å²) < 4.78 is 6.40. The van der Waals surface area contributed by atoms with E-state index in [0.717, 1.165) is 25.0 Å². The molecule has 1 aliphatic carbocycles. The highest BCUT2D eigenvalue weighted by Gasteiger charge is 2.42. The molecule has 21 heavy (non-hydrogen) atoms. The molecule has 0 aromatic rings. The molecule has 0 amide bonds. The standard InChI is InChI=1S/C19H39NO/c1-6-14-20-18(12-8-10-16(3)4)19(21-7-2)13-9-11-17(5)15-19/h16-18,20H,6-15H2,1-5H3. The molecule has 0 heterocycles. The van der Waals surface area contributed by atoms with Crippen LogP contribution in [0.4, 0.5) is 0 Å². The minimum Gasteiger partial charge on any atom is -0.374 e. The Morgan fingerprint density at radius 2 is 2.00 bits per heavy atom. The first-order valence-electron chi connectivity index (χ1n) is 9.41. The average molecular weight is 298 g/mol.